The van der Waals surface area contributed by atoms with E-state index in [4.69, 9.17) is 0 Å². The lowest BCUT2D eigenvalue weighted by atomic mass is 10.1. The van der Waals surface area contributed by atoms with E-state index in [0.717, 1.165) is 41.3 Å². The van der Waals surface area contributed by atoms with Crippen LogP contribution in [0.4, 0.5) is 5.69 Å². The standard InChI is InChI=1S/C25H27N7O/c1-4-10-22-19(15-27-32(22)20-13-8-6-11-17(20)3)26-16-23-28-29-25-30(5-2)24(33)18-12-7-9-14-21(18)31(23)25/h6-9,11-15,26H,4-5,10,16H2,1-3H3. The molecule has 0 saturated heterocycles. The Labute approximate surface area is 191 Å². The molecule has 8 heteroatoms. The third-order valence-electron chi connectivity index (χ3n) is 6.03. The number of benzene rings is 2. The van der Waals surface area contributed by atoms with Gasteiger partial charge in [0, 0.05) is 6.54 Å². The van der Waals surface area contributed by atoms with Crippen molar-refractivity contribution >= 4 is 22.4 Å². The van der Waals surface area contributed by atoms with Crippen LogP contribution < -0.4 is 10.9 Å². The third kappa shape index (κ3) is 3.47. The van der Waals surface area contributed by atoms with E-state index in [-0.39, 0.29) is 5.56 Å². The molecule has 1 N–H and O–H groups in total. The molecule has 0 aliphatic heterocycles. The minimum absolute atomic E-state index is 0.0442. The summed E-state index contributed by atoms with van der Waals surface area (Å²) in [6, 6.07) is 15.9. The van der Waals surface area contributed by atoms with Gasteiger partial charge in [0.25, 0.3) is 5.56 Å². The molecule has 8 nitrogen and oxygen atoms in total. The summed E-state index contributed by atoms with van der Waals surface area (Å²) in [4.78, 5) is 12.9. The fourth-order valence-corrected chi connectivity index (χ4v) is 4.40. The van der Waals surface area contributed by atoms with Crippen LogP contribution in [0.3, 0.4) is 0 Å². The van der Waals surface area contributed by atoms with Crippen LogP contribution in [0.25, 0.3) is 22.4 Å². The summed E-state index contributed by atoms with van der Waals surface area (Å²) in [5, 5.41) is 17.6. The first-order valence-corrected chi connectivity index (χ1v) is 11.4. The Morgan fingerprint density at radius 3 is 2.58 bits per heavy atom. The van der Waals surface area contributed by atoms with Gasteiger partial charge in [0.2, 0.25) is 5.78 Å². The van der Waals surface area contributed by atoms with Crippen molar-refractivity contribution in [3.63, 3.8) is 0 Å². The SMILES string of the molecule is CCCc1c(NCc2nnc3n(CC)c(=O)c4ccccc4n23)cnn1-c1ccccc1C. The lowest BCUT2D eigenvalue weighted by Gasteiger charge is -2.12. The van der Waals surface area contributed by atoms with Crippen LogP contribution in [0.15, 0.2) is 59.5 Å². The fraction of sp³-hybridized carbons (Fsp3) is 0.280. The molecule has 0 atom stereocenters. The molecule has 0 unspecified atom stereocenters. The number of fused-ring (bicyclic) bond motifs is 3. The van der Waals surface area contributed by atoms with Crippen molar-refractivity contribution in [1.29, 1.82) is 0 Å². The summed E-state index contributed by atoms with van der Waals surface area (Å²) in [6.07, 6.45) is 3.78. The molecule has 0 fully saturated rings. The van der Waals surface area contributed by atoms with Gasteiger partial charge in [-0.25, -0.2) is 4.68 Å². The lowest BCUT2D eigenvalue weighted by molar-refractivity contribution is 0.734. The summed E-state index contributed by atoms with van der Waals surface area (Å²) in [7, 11) is 0. The molecule has 0 aliphatic carbocycles. The van der Waals surface area contributed by atoms with Crippen molar-refractivity contribution in [3.8, 4) is 5.69 Å². The minimum atomic E-state index is -0.0442. The van der Waals surface area contributed by atoms with E-state index in [0.29, 0.717) is 24.3 Å². The molecule has 0 saturated carbocycles. The van der Waals surface area contributed by atoms with Crippen LogP contribution in [0.1, 0.15) is 37.4 Å². The second-order valence-electron chi connectivity index (χ2n) is 8.12. The van der Waals surface area contributed by atoms with Gasteiger partial charge in [-0.2, -0.15) is 5.10 Å². The third-order valence-corrected chi connectivity index (χ3v) is 6.03. The second-order valence-corrected chi connectivity index (χ2v) is 8.12. The van der Waals surface area contributed by atoms with Crippen molar-refractivity contribution < 1.29 is 0 Å². The first kappa shape index (κ1) is 20.9. The van der Waals surface area contributed by atoms with Gasteiger partial charge in [-0.3, -0.25) is 13.8 Å². The van der Waals surface area contributed by atoms with Gasteiger partial charge in [-0.15, -0.1) is 10.2 Å². The highest BCUT2D eigenvalue weighted by molar-refractivity contribution is 5.80. The quantitative estimate of drug-likeness (QED) is 0.411. The van der Waals surface area contributed by atoms with Gasteiger partial charge in [0.1, 0.15) is 0 Å². The average Bonchev–Trinajstić information content (AvgIpc) is 3.43. The molecule has 5 rings (SSSR count). The Hall–Kier alpha value is -3.94. The van der Waals surface area contributed by atoms with Crippen molar-refractivity contribution in [3.05, 3.63) is 82.2 Å². The van der Waals surface area contributed by atoms with Crippen molar-refractivity contribution in [1.82, 2.24) is 28.9 Å². The van der Waals surface area contributed by atoms with Gasteiger partial charge in [-0.1, -0.05) is 43.7 Å². The molecule has 33 heavy (non-hydrogen) atoms. The number of hydrogen-bond acceptors (Lipinski definition) is 5. The summed E-state index contributed by atoms with van der Waals surface area (Å²) >= 11 is 0. The molecule has 3 aromatic heterocycles. The monoisotopic (exact) mass is 441 g/mol. The largest absolute Gasteiger partial charge is 0.375 e. The number of nitrogens with zero attached hydrogens (tertiary/aromatic N) is 6. The number of anilines is 1. The van der Waals surface area contributed by atoms with Crippen LogP contribution in [0.5, 0.6) is 0 Å². The van der Waals surface area contributed by atoms with Crippen LogP contribution in [0, 0.1) is 6.92 Å². The normalized spacial score (nSPS) is 11.5. The summed E-state index contributed by atoms with van der Waals surface area (Å²) < 4.78 is 5.66. The maximum absolute atomic E-state index is 12.9. The van der Waals surface area contributed by atoms with Crippen LogP contribution in [0.2, 0.25) is 0 Å². The zero-order chi connectivity index (χ0) is 22.9. The Bertz CT molecular complexity index is 1510. The van der Waals surface area contributed by atoms with Crippen molar-refractivity contribution in [2.45, 2.75) is 46.7 Å². The molecular weight excluding hydrogens is 414 g/mol. The van der Waals surface area contributed by atoms with E-state index in [9.17, 15) is 4.79 Å². The highest BCUT2D eigenvalue weighted by Crippen LogP contribution is 2.24. The van der Waals surface area contributed by atoms with Crippen LogP contribution >= 0.6 is 0 Å². The number of aryl methyl sites for hydroxylation is 2. The fourth-order valence-electron chi connectivity index (χ4n) is 4.40. The number of aromatic nitrogens is 6. The highest BCUT2D eigenvalue weighted by Gasteiger charge is 2.17. The van der Waals surface area contributed by atoms with Crippen LogP contribution in [-0.4, -0.2) is 28.9 Å². The summed E-state index contributed by atoms with van der Waals surface area (Å²) in [5.41, 5.74) is 5.14. The van der Waals surface area contributed by atoms with E-state index in [1.54, 1.807) is 4.57 Å². The van der Waals surface area contributed by atoms with Gasteiger partial charge in [0.05, 0.1) is 40.7 Å². The predicted octanol–water partition coefficient (Wildman–Crippen LogP) is 4.12. The number of hydrogen-bond donors (Lipinski definition) is 1. The van der Waals surface area contributed by atoms with E-state index in [1.165, 1.54) is 5.56 Å². The number of nitrogens with one attached hydrogen (secondary N) is 1. The second kappa shape index (κ2) is 8.54. The first-order chi connectivity index (χ1) is 16.1. The van der Waals surface area contributed by atoms with Gasteiger partial charge < -0.3 is 5.32 Å². The van der Waals surface area contributed by atoms with Gasteiger partial charge >= 0.3 is 0 Å². The molecule has 5 aromatic rings. The van der Waals surface area contributed by atoms with Gasteiger partial charge in [0.15, 0.2) is 5.82 Å². The molecule has 3 heterocycles. The molecule has 0 bridgehead atoms. The van der Waals surface area contributed by atoms with Crippen molar-refractivity contribution in [2.24, 2.45) is 0 Å². The van der Waals surface area contributed by atoms with Crippen molar-refractivity contribution in [2.75, 3.05) is 5.32 Å². The zero-order valence-corrected chi connectivity index (χ0v) is 19.1. The molecule has 0 radical (unpaired) electrons. The average molecular weight is 442 g/mol. The lowest BCUT2D eigenvalue weighted by Crippen LogP contribution is -2.23. The Morgan fingerprint density at radius 2 is 1.79 bits per heavy atom. The predicted molar refractivity (Wildman–Crippen MR) is 130 cm³/mol. The van der Waals surface area contributed by atoms with E-state index >= 15 is 0 Å². The molecular formula is C25H27N7O. The number of rotatable bonds is 7. The first-order valence-electron chi connectivity index (χ1n) is 11.4. The molecule has 0 amide bonds. The maximum Gasteiger partial charge on any atom is 0.262 e. The topological polar surface area (TPSA) is 82.0 Å². The van der Waals surface area contributed by atoms with E-state index in [1.807, 2.05) is 58.6 Å². The van der Waals surface area contributed by atoms with Gasteiger partial charge in [-0.05, 0) is 44.0 Å². The molecule has 0 spiro atoms. The maximum atomic E-state index is 12.9. The van der Waals surface area contributed by atoms with E-state index < -0.39 is 0 Å². The Balaban J connectivity index is 1.56. The molecule has 2 aromatic carbocycles. The smallest absolute Gasteiger partial charge is 0.262 e. The van der Waals surface area contributed by atoms with E-state index in [2.05, 4.69) is 46.6 Å². The molecule has 0 aliphatic rings. The summed E-state index contributed by atoms with van der Waals surface area (Å²) in [6.45, 7) is 7.20. The highest BCUT2D eigenvalue weighted by atomic mass is 16.1. The molecule has 168 valence electrons. The zero-order valence-electron chi connectivity index (χ0n) is 19.1. The number of para-hydroxylation sites is 2. The summed E-state index contributed by atoms with van der Waals surface area (Å²) in [5.74, 6) is 1.30. The van der Waals surface area contributed by atoms with Crippen LogP contribution in [-0.2, 0) is 19.5 Å². The Morgan fingerprint density at radius 1 is 1.00 bits per heavy atom. The Kier molecular flexibility index (Phi) is 5.42. The minimum Gasteiger partial charge on any atom is -0.375 e.